The SMILES string of the molecule is COc1ccc(C2c3cc(OC)c(OC)cc3CC[N+]2(C)CCCOC(=O)CCC(=O)OCCC[N+]2(C)CCc3cc(OC)c(OC)c(OC)c3C2Cc2cc(OC)c(OC)c(OC)c2)cc1OC. The highest BCUT2D eigenvalue weighted by molar-refractivity contribution is 5.77. The first kappa shape index (κ1) is 52.1. The summed E-state index contributed by atoms with van der Waals surface area (Å²) in [5.74, 6) is 5.18. The molecule has 4 aromatic rings. The fourth-order valence-corrected chi connectivity index (χ4v) is 10.3. The van der Waals surface area contributed by atoms with Crippen LogP contribution in [0.25, 0.3) is 0 Å². The molecule has 0 spiro atoms. The van der Waals surface area contributed by atoms with Crippen LogP contribution in [0.5, 0.6) is 57.5 Å². The molecule has 0 radical (unpaired) electrons. The van der Waals surface area contributed by atoms with Gasteiger partial charge >= 0.3 is 11.9 Å². The highest BCUT2D eigenvalue weighted by Crippen LogP contribution is 2.51. The van der Waals surface area contributed by atoms with Crippen LogP contribution in [-0.2, 0) is 38.3 Å². The molecule has 2 aliphatic heterocycles. The smallest absolute Gasteiger partial charge is 0.306 e. The van der Waals surface area contributed by atoms with Crippen LogP contribution in [0.2, 0.25) is 0 Å². The first-order chi connectivity index (χ1) is 33.3. The van der Waals surface area contributed by atoms with Gasteiger partial charge in [0.1, 0.15) is 12.1 Å². The number of nitrogens with zero attached hydrogens (tertiary/aromatic N) is 2. The van der Waals surface area contributed by atoms with Gasteiger partial charge in [-0.1, -0.05) is 0 Å². The molecule has 376 valence electrons. The quantitative estimate of drug-likeness (QED) is 0.0388. The number of methoxy groups -OCH3 is 10. The van der Waals surface area contributed by atoms with Crippen molar-refractivity contribution in [2.24, 2.45) is 0 Å². The topological polar surface area (TPSA) is 145 Å². The average Bonchev–Trinajstić information content (AvgIpc) is 3.37. The molecule has 0 saturated carbocycles. The number of benzene rings is 4. The van der Waals surface area contributed by atoms with E-state index in [1.807, 2.05) is 30.3 Å². The molecule has 16 heteroatoms. The van der Waals surface area contributed by atoms with E-state index in [-0.39, 0.29) is 38.1 Å². The van der Waals surface area contributed by atoms with Crippen molar-refractivity contribution in [3.63, 3.8) is 0 Å². The fourth-order valence-electron chi connectivity index (χ4n) is 10.3. The molecular formula is C53H72N2O14+2. The van der Waals surface area contributed by atoms with Crippen LogP contribution >= 0.6 is 0 Å². The van der Waals surface area contributed by atoms with Gasteiger partial charge in [-0.2, -0.15) is 0 Å². The maximum atomic E-state index is 13.0. The Morgan fingerprint density at radius 1 is 0.507 bits per heavy atom. The van der Waals surface area contributed by atoms with E-state index in [9.17, 15) is 9.59 Å². The molecule has 4 unspecified atom stereocenters. The van der Waals surface area contributed by atoms with Crippen LogP contribution in [0.3, 0.4) is 0 Å². The minimum absolute atomic E-state index is 0.0687. The summed E-state index contributed by atoms with van der Waals surface area (Å²) < 4.78 is 70.1. The average molecular weight is 961 g/mol. The van der Waals surface area contributed by atoms with Gasteiger partial charge in [-0.25, -0.2) is 0 Å². The predicted octanol–water partition coefficient (Wildman–Crippen LogP) is 7.50. The number of fused-ring (bicyclic) bond motifs is 2. The van der Waals surface area contributed by atoms with Crippen molar-refractivity contribution in [3.8, 4) is 57.5 Å². The first-order valence-electron chi connectivity index (χ1n) is 23.4. The Hall–Kier alpha value is -6.26. The first-order valence-corrected chi connectivity index (χ1v) is 23.4. The number of ether oxygens (including phenoxy) is 12. The van der Waals surface area contributed by atoms with Crippen molar-refractivity contribution in [2.75, 3.05) is 125 Å². The largest absolute Gasteiger partial charge is 0.493 e. The molecule has 0 bridgehead atoms. The van der Waals surface area contributed by atoms with E-state index in [0.29, 0.717) is 92.3 Å². The molecule has 16 nitrogen and oxygen atoms in total. The Bertz CT molecular complexity index is 2400. The van der Waals surface area contributed by atoms with Crippen LogP contribution < -0.4 is 47.4 Å². The monoisotopic (exact) mass is 960 g/mol. The number of quaternary nitrogens is 2. The summed E-state index contributed by atoms with van der Waals surface area (Å²) in [5, 5.41) is 0. The Morgan fingerprint density at radius 3 is 1.54 bits per heavy atom. The zero-order chi connectivity index (χ0) is 49.9. The molecule has 0 aromatic heterocycles. The zero-order valence-electron chi connectivity index (χ0n) is 42.6. The zero-order valence-corrected chi connectivity index (χ0v) is 42.6. The van der Waals surface area contributed by atoms with Gasteiger partial charge in [0.05, 0.1) is 143 Å². The fraction of sp³-hybridized carbons (Fsp3) is 0.509. The van der Waals surface area contributed by atoms with E-state index in [1.54, 1.807) is 71.1 Å². The summed E-state index contributed by atoms with van der Waals surface area (Å²) in [5.41, 5.74) is 6.52. The van der Waals surface area contributed by atoms with Gasteiger partial charge in [0.2, 0.25) is 11.5 Å². The van der Waals surface area contributed by atoms with Crippen LogP contribution in [0.4, 0.5) is 0 Å². The van der Waals surface area contributed by atoms with Crippen LogP contribution in [0.15, 0.2) is 48.5 Å². The second-order valence-corrected chi connectivity index (χ2v) is 17.9. The Morgan fingerprint density at radius 2 is 0.986 bits per heavy atom. The molecule has 4 atom stereocenters. The lowest BCUT2D eigenvalue weighted by Gasteiger charge is -2.46. The maximum Gasteiger partial charge on any atom is 0.306 e. The molecule has 4 aromatic carbocycles. The number of carbonyl (C=O) groups is 2. The molecule has 6 rings (SSSR count). The lowest BCUT2D eigenvalue weighted by molar-refractivity contribution is -0.941. The van der Waals surface area contributed by atoms with E-state index >= 15 is 0 Å². The lowest BCUT2D eigenvalue weighted by atomic mass is 9.85. The van der Waals surface area contributed by atoms with Crippen molar-refractivity contribution >= 4 is 11.9 Å². The standard InChI is InChI=1S/C53H72N2O14/c1-54(23-20-36-31-46(64-9)52(66-11)53(67-12)49(36)39(54)27-34-28-44(62-7)51(65-10)45(29-34)63-8)21-13-25-68-47(56)17-18-48(57)69-26-14-22-55(2)24-19-35-30-42(60-5)43(61-6)33-38(35)50(55)37-15-16-40(58-3)41(32-37)59-4/h15-16,28-33,39,50H,13-14,17-27H2,1-12H3/q+2. The second-order valence-electron chi connectivity index (χ2n) is 17.9. The lowest BCUT2D eigenvalue weighted by Crippen LogP contribution is -2.52. The number of rotatable bonds is 24. The van der Waals surface area contributed by atoms with Crippen LogP contribution in [0, 0.1) is 0 Å². The number of hydrogen-bond donors (Lipinski definition) is 0. The second kappa shape index (κ2) is 23.4. The normalized spacial score (nSPS) is 19.2. The third kappa shape index (κ3) is 11.3. The molecule has 2 aliphatic rings. The molecule has 69 heavy (non-hydrogen) atoms. The van der Waals surface area contributed by atoms with E-state index in [1.165, 1.54) is 5.56 Å². The van der Waals surface area contributed by atoms with E-state index in [4.69, 9.17) is 56.8 Å². The van der Waals surface area contributed by atoms with Gasteiger partial charge in [-0.05, 0) is 65.2 Å². The predicted molar refractivity (Wildman–Crippen MR) is 259 cm³/mol. The van der Waals surface area contributed by atoms with Crippen LogP contribution in [-0.4, -0.2) is 145 Å². The van der Waals surface area contributed by atoms with Gasteiger partial charge < -0.3 is 65.8 Å². The van der Waals surface area contributed by atoms with Gasteiger partial charge in [0.15, 0.2) is 46.0 Å². The third-order valence-corrected chi connectivity index (χ3v) is 13.9. The Balaban J connectivity index is 1.06. The molecule has 0 aliphatic carbocycles. The summed E-state index contributed by atoms with van der Waals surface area (Å²) in [6, 6.07) is 16.0. The van der Waals surface area contributed by atoms with Gasteiger partial charge in [0, 0.05) is 43.2 Å². The molecule has 0 saturated heterocycles. The summed E-state index contributed by atoms with van der Waals surface area (Å²) >= 11 is 0. The van der Waals surface area contributed by atoms with E-state index in [0.717, 1.165) is 60.3 Å². The summed E-state index contributed by atoms with van der Waals surface area (Å²) in [4.78, 5) is 26.0. The molecular weight excluding hydrogens is 889 g/mol. The molecule has 0 fully saturated rings. The molecule has 2 heterocycles. The third-order valence-electron chi connectivity index (χ3n) is 13.9. The number of esters is 2. The van der Waals surface area contributed by atoms with Crippen LogP contribution in [0.1, 0.15) is 71.1 Å². The van der Waals surface area contributed by atoms with E-state index < -0.39 is 11.9 Å². The minimum atomic E-state index is -0.444. The summed E-state index contributed by atoms with van der Waals surface area (Å²) in [7, 11) is 20.7. The Kier molecular flexibility index (Phi) is 17.6. The number of likely N-dealkylation sites (N-methyl/N-ethyl adjacent to an activating group) is 2. The van der Waals surface area contributed by atoms with Crippen molar-refractivity contribution in [2.45, 2.75) is 57.0 Å². The summed E-state index contributed by atoms with van der Waals surface area (Å²) in [6.45, 7) is 3.50. The van der Waals surface area contributed by atoms with Gasteiger partial charge in [0.25, 0.3) is 0 Å². The maximum absolute atomic E-state index is 13.0. The van der Waals surface area contributed by atoms with Crippen molar-refractivity contribution in [3.05, 3.63) is 81.9 Å². The number of hydrogen-bond acceptors (Lipinski definition) is 14. The summed E-state index contributed by atoms with van der Waals surface area (Å²) in [6.07, 6.45) is 3.27. The van der Waals surface area contributed by atoms with Gasteiger partial charge in [-0.3, -0.25) is 9.59 Å². The van der Waals surface area contributed by atoms with E-state index in [2.05, 4.69) is 32.3 Å². The molecule has 0 amide bonds. The van der Waals surface area contributed by atoms with Gasteiger partial charge in [-0.15, -0.1) is 0 Å². The number of carbonyl (C=O) groups excluding carboxylic acids is 2. The Labute approximate surface area is 407 Å². The van der Waals surface area contributed by atoms with Crippen molar-refractivity contribution in [1.82, 2.24) is 0 Å². The van der Waals surface area contributed by atoms with Crippen molar-refractivity contribution < 1.29 is 75.4 Å². The highest BCUT2D eigenvalue weighted by atomic mass is 16.6. The highest BCUT2D eigenvalue weighted by Gasteiger charge is 2.44. The van der Waals surface area contributed by atoms with Crippen molar-refractivity contribution in [1.29, 1.82) is 0 Å². The molecule has 0 N–H and O–H groups in total. The minimum Gasteiger partial charge on any atom is -0.493 e.